The van der Waals surface area contributed by atoms with Crippen molar-refractivity contribution in [3.63, 3.8) is 0 Å². The molecule has 0 atom stereocenters. The van der Waals surface area contributed by atoms with Gasteiger partial charge in [-0.05, 0) is 18.2 Å². The lowest BCUT2D eigenvalue weighted by Crippen LogP contribution is -2.27. The van der Waals surface area contributed by atoms with Gasteiger partial charge in [-0.2, -0.15) is 0 Å². The molecule has 1 aromatic carbocycles. The minimum atomic E-state index is -0.648. The summed E-state index contributed by atoms with van der Waals surface area (Å²) in [4.78, 5) is 24.1. The van der Waals surface area contributed by atoms with E-state index >= 15 is 0 Å². The molecule has 0 aliphatic rings. The maximum absolute atomic E-state index is 11.6. The summed E-state index contributed by atoms with van der Waals surface area (Å²) < 4.78 is 4.82. The Kier molecular flexibility index (Phi) is 4.34. The summed E-state index contributed by atoms with van der Waals surface area (Å²) in [5, 5.41) is 0.201. The Morgan fingerprint density at radius 2 is 2.06 bits per heavy atom. The van der Waals surface area contributed by atoms with Gasteiger partial charge in [0.2, 0.25) is 0 Å². The highest BCUT2D eigenvalue weighted by Gasteiger charge is 2.14. The van der Waals surface area contributed by atoms with Crippen LogP contribution in [0.3, 0.4) is 0 Å². The van der Waals surface area contributed by atoms with E-state index in [4.69, 9.17) is 22.1 Å². The zero-order chi connectivity index (χ0) is 13.0. The second kappa shape index (κ2) is 5.54. The molecule has 1 aromatic rings. The summed E-state index contributed by atoms with van der Waals surface area (Å²) in [6.07, 6.45) is 0. The molecule has 2 N–H and O–H groups in total. The lowest BCUT2D eigenvalue weighted by atomic mass is 10.2. The van der Waals surface area contributed by atoms with Gasteiger partial charge in [-0.1, -0.05) is 11.6 Å². The Bertz CT molecular complexity index is 446. The van der Waals surface area contributed by atoms with Gasteiger partial charge in [-0.3, -0.25) is 4.79 Å². The van der Waals surface area contributed by atoms with Crippen LogP contribution in [0.1, 0.15) is 10.4 Å². The molecule has 0 aliphatic heterocycles. The maximum atomic E-state index is 11.6. The third kappa shape index (κ3) is 3.64. The number of halogens is 1. The van der Waals surface area contributed by atoms with E-state index in [1.807, 2.05) is 0 Å². The van der Waals surface area contributed by atoms with Crippen molar-refractivity contribution < 1.29 is 14.3 Å². The zero-order valence-corrected chi connectivity index (χ0v) is 10.3. The highest BCUT2D eigenvalue weighted by atomic mass is 35.5. The molecule has 92 valence electrons. The Morgan fingerprint density at radius 3 is 2.59 bits per heavy atom. The van der Waals surface area contributed by atoms with Crippen molar-refractivity contribution in [3.05, 3.63) is 28.8 Å². The van der Waals surface area contributed by atoms with Gasteiger partial charge in [0.15, 0.2) is 6.61 Å². The van der Waals surface area contributed by atoms with E-state index in [-0.39, 0.29) is 23.1 Å². The number of ether oxygens (including phenoxy) is 1. The summed E-state index contributed by atoms with van der Waals surface area (Å²) in [5.41, 5.74) is 6.13. The van der Waals surface area contributed by atoms with Crippen LogP contribution in [0.25, 0.3) is 0 Å². The number of carbonyl (C=O) groups excluding carboxylic acids is 2. The topological polar surface area (TPSA) is 72.6 Å². The second-order valence-electron chi connectivity index (χ2n) is 3.60. The summed E-state index contributed by atoms with van der Waals surface area (Å²) >= 11 is 5.83. The molecule has 1 amide bonds. The van der Waals surface area contributed by atoms with Gasteiger partial charge in [-0.15, -0.1) is 0 Å². The first-order valence-electron chi connectivity index (χ1n) is 4.84. The normalized spacial score (nSPS) is 9.82. The number of hydrogen-bond donors (Lipinski definition) is 1. The highest BCUT2D eigenvalue weighted by Crippen LogP contribution is 2.19. The van der Waals surface area contributed by atoms with Crippen LogP contribution < -0.4 is 5.73 Å². The molecule has 0 saturated carbocycles. The lowest BCUT2D eigenvalue weighted by Gasteiger charge is -2.11. The number of hydrogen-bond acceptors (Lipinski definition) is 4. The van der Waals surface area contributed by atoms with Crippen LogP contribution in [0.2, 0.25) is 5.02 Å². The average Bonchev–Trinajstić information content (AvgIpc) is 2.25. The van der Waals surface area contributed by atoms with E-state index in [1.54, 1.807) is 14.1 Å². The van der Waals surface area contributed by atoms with Crippen molar-refractivity contribution >= 4 is 29.2 Å². The highest BCUT2D eigenvalue weighted by molar-refractivity contribution is 6.33. The summed E-state index contributed by atoms with van der Waals surface area (Å²) in [6, 6.07) is 4.45. The van der Waals surface area contributed by atoms with Gasteiger partial charge in [0.05, 0.1) is 10.6 Å². The van der Waals surface area contributed by atoms with Crippen LogP contribution in [0, 0.1) is 0 Å². The SMILES string of the molecule is CN(C)C(=O)COC(=O)c1ccc(N)cc1Cl. The van der Waals surface area contributed by atoms with Crippen molar-refractivity contribution in [1.82, 2.24) is 4.90 Å². The number of anilines is 1. The lowest BCUT2D eigenvalue weighted by molar-refractivity contribution is -0.131. The van der Waals surface area contributed by atoms with E-state index in [2.05, 4.69) is 0 Å². The number of nitrogens with zero attached hydrogens (tertiary/aromatic N) is 1. The Labute approximate surface area is 104 Å². The fourth-order valence-corrected chi connectivity index (χ4v) is 1.30. The van der Waals surface area contributed by atoms with Gasteiger partial charge in [0, 0.05) is 19.8 Å². The molecule has 0 heterocycles. The van der Waals surface area contributed by atoms with E-state index in [1.165, 1.54) is 23.1 Å². The summed E-state index contributed by atoms with van der Waals surface area (Å²) in [7, 11) is 3.15. The molecule has 5 nitrogen and oxygen atoms in total. The number of benzene rings is 1. The third-order valence-electron chi connectivity index (χ3n) is 2.04. The minimum Gasteiger partial charge on any atom is -0.452 e. The number of esters is 1. The van der Waals surface area contributed by atoms with Gasteiger partial charge >= 0.3 is 5.97 Å². The van der Waals surface area contributed by atoms with Crippen LogP contribution in [0.5, 0.6) is 0 Å². The number of carbonyl (C=O) groups is 2. The fraction of sp³-hybridized carbons (Fsp3) is 0.273. The average molecular weight is 257 g/mol. The Morgan fingerprint density at radius 1 is 1.41 bits per heavy atom. The second-order valence-corrected chi connectivity index (χ2v) is 4.01. The molecule has 0 bridgehead atoms. The molecule has 0 aromatic heterocycles. The largest absolute Gasteiger partial charge is 0.452 e. The zero-order valence-electron chi connectivity index (χ0n) is 9.57. The molecule has 0 spiro atoms. The monoisotopic (exact) mass is 256 g/mol. The standard InChI is InChI=1S/C11H13ClN2O3/c1-14(2)10(15)6-17-11(16)8-4-3-7(13)5-9(8)12/h3-5H,6,13H2,1-2H3. The van der Waals surface area contributed by atoms with E-state index < -0.39 is 5.97 Å². The van der Waals surface area contributed by atoms with E-state index in [0.29, 0.717) is 5.69 Å². The quantitative estimate of drug-likeness (QED) is 0.651. The van der Waals surface area contributed by atoms with Crippen LogP contribution >= 0.6 is 11.6 Å². The number of nitrogen functional groups attached to an aromatic ring is 1. The molecular formula is C11H13ClN2O3. The predicted octanol–water partition coefficient (Wildman–Crippen LogP) is 1.17. The van der Waals surface area contributed by atoms with Crippen molar-refractivity contribution in [2.24, 2.45) is 0 Å². The van der Waals surface area contributed by atoms with Gasteiger partial charge in [0.25, 0.3) is 5.91 Å². The molecule has 0 radical (unpaired) electrons. The Balaban J connectivity index is 2.68. The van der Waals surface area contributed by atoms with Crippen molar-refractivity contribution in [3.8, 4) is 0 Å². The molecule has 0 saturated heterocycles. The maximum Gasteiger partial charge on any atom is 0.340 e. The third-order valence-corrected chi connectivity index (χ3v) is 2.35. The molecule has 17 heavy (non-hydrogen) atoms. The minimum absolute atomic E-state index is 0.187. The summed E-state index contributed by atoms with van der Waals surface area (Å²) in [5.74, 6) is -0.949. The number of likely N-dealkylation sites (N-methyl/N-ethyl adjacent to an activating group) is 1. The molecule has 0 aliphatic carbocycles. The summed E-state index contributed by atoms with van der Waals surface area (Å²) in [6.45, 7) is -0.313. The van der Waals surface area contributed by atoms with Crippen molar-refractivity contribution in [2.45, 2.75) is 0 Å². The molecular weight excluding hydrogens is 244 g/mol. The smallest absolute Gasteiger partial charge is 0.340 e. The van der Waals surface area contributed by atoms with Crippen LogP contribution in [0.4, 0.5) is 5.69 Å². The van der Waals surface area contributed by atoms with Crippen LogP contribution in [-0.2, 0) is 9.53 Å². The van der Waals surface area contributed by atoms with Gasteiger partial charge in [-0.25, -0.2) is 4.79 Å². The number of rotatable bonds is 3. The first kappa shape index (κ1) is 13.3. The molecule has 0 fully saturated rings. The number of amides is 1. The van der Waals surface area contributed by atoms with Crippen LogP contribution in [0.15, 0.2) is 18.2 Å². The molecule has 6 heteroatoms. The van der Waals surface area contributed by atoms with Crippen molar-refractivity contribution in [1.29, 1.82) is 0 Å². The first-order valence-corrected chi connectivity index (χ1v) is 5.22. The van der Waals surface area contributed by atoms with Gasteiger partial charge < -0.3 is 15.4 Å². The van der Waals surface area contributed by atoms with Gasteiger partial charge in [0.1, 0.15) is 0 Å². The first-order chi connectivity index (χ1) is 7.91. The van der Waals surface area contributed by atoms with Crippen molar-refractivity contribution in [2.75, 3.05) is 26.4 Å². The van der Waals surface area contributed by atoms with E-state index in [9.17, 15) is 9.59 Å². The number of nitrogens with two attached hydrogens (primary N) is 1. The van der Waals surface area contributed by atoms with Crippen LogP contribution in [-0.4, -0.2) is 37.5 Å². The molecule has 0 unspecified atom stereocenters. The Hall–Kier alpha value is -1.75. The van der Waals surface area contributed by atoms with E-state index in [0.717, 1.165) is 0 Å². The molecule has 1 rings (SSSR count). The predicted molar refractivity (Wildman–Crippen MR) is 64.8 cm³/mol. The fourth-order valence-electron chi connectivity index (χ4n) is 1.03.